The van der Waals surface area contributed by atoms with Gasteiger partial charge < -0.3 is 0 Å². The molecule has 0 amide bonds. The molecule has 0 aromatic heterocycles. The number of hydrogen-bond donors (Lipinski definition) is 0. The monoisotopic (exact) mass is 671 g/mol. The Morgan fingerprint density at radius 2 is 1.22 bits per heavy atom. The van der Waals surface area contributed by atoms with Crippen molar-refractivity contribution < 1.29 is 31.2 Å². The first kappa shape index (κ1) is 29.6. The SMILES string of the molecule is FC(F)(F)c1cc(Cl)cc(C2(C(F)(F)F)CC(CP(Br)(c3ccccc3)(c3ccccc3)c3ccccc3)=NO2)c1. The molecule has 41 heavy (non-hydrogen) atoms. The summed E-state index contributed by atoms with van der Waals surface area (Å²) in [6.07, 6.45) is -10.8. The zero-order chi connectivity index (χ0) is 29.5. The van der Waals surface area contributed by atoms with Gasteiger partial charge in [0.15, 0.2) is 0 Å². The standard InChI is InChI=1S/C30H22BrClF6NOP/c31-41(25-10-4-1-5-11-25,26-12-6-2-7-13-26,27-14-8-3-9-15-27)20-24-19-28(40-39-24,30(36,37)38)21-16-22(29(33,34)35)18-23(32)17-21/h1-18H,19-20H2. The normalized spacial score (nSPS) is 18.7. The van der Waals surface area contributed by atoms with E-state index < -0.39 is 45.8 Å². The van der Waals surface area contributed by atoms with Gasteiger partial charge in [-0.2, -0.15) is 0 Å². The molecule has 0 bridgehead atoms. The molecule has 0 saturated carbocycles. The third-order valence-electron chi connectivity index (χ3n) is 7.30. The fourth-order valence-electron chi connectivity index (χ4n) is 5.32. The first-order chi connectivity index (χ1) is 19.3. The molecule has 4 aromatic carbocycles. The summed E-state index contributed by atoms with van der Waals surface area (Å²) in [5.41, 5.74) is -5.18. The number of rotatable bonds is 6. The minimum atomic E-state index is -5.11. The minimum absolute atomic E-state index is 0.00579. The van der Waals surface area contributed by atoms with Crippen LogP contribution in [0.25, 0.3) is 0 Å². The van der Waals surface area contributed by atoms with Gasteiger partial charge in [0.1, 0.15) is 0 Å². The molecule has 0 fully saturated rings. The summed E-state index contributed by atoms with van der Waals surface area (Å²) >= 11 is 10.1. The zero-order valence-electron chi connectivity index (χ0n) is 21.1. The van der Waals surface area contributed by atoms with Crippen LogP contribution < -0.4 is 15.9 Å². The van der Waals surface area contributed by atoms with Crippen molar-refractivity contribution in [3.05, 3.63) is 125 Å². The van der Waals surface area contributed by atoms with Crippen LogP contribution in [0.15, 0.2) is 114 Å². The zero-order valence-corrected chi connectivity index (χ0v) is 24.4. The summed E-state index contributed by atoms with van der Waals surface area (Å²) in [4.78, 5) is 5.16. The van der Waals surface area contributed by atoms with E-state index in [1.54, 1.807) is 0 Å². The average Bonchev–Trinajstić information content (AvgIpc) is 3.39. The maximum atomic E-state index is 14.8. The van der Waals surface area contributed by atoms with Gasteiger partial charge in [-0.1, -0.05) is 0 Å². The molecular weight excluding hydrogens is 651 g/mol. The van der Waals surface area contributed by atoms with Crippen LogP contribution in [0.5, 0.6) is 0 Å². The third-order valence-corrected chi connectivity index (χ3v) is 17.0. The Morgan fingerprint density at radius 1 is 0.756 bits per heavy atom. The van der Waals surface area contributed by atoms with Crippen LogP contribution >= 0.6 is 32.4 Å². The van der Waals surface area contributed by atoms with E-state index >= 15 is 0 Å². The molecule has 1 unspecified atom stereocenters. The van der Waals surface area contributed by atoms with E-state index in [1.807, 2.05) is 91.0 Å². The van der Waals surface area contributed by atoms with Crippen molar-refractivity contribution in [2.45, 2.75) is 24.4 Å². The molecule has 1 heterocycles. The number of halogens is 8. The summed E-state index contributed by atoms with van der Waals surface area (Å²) in [5.74, 6) is 0. The van der Waals surface area contributed by atoms with Crippen LogP contribution in [-0.4, -0.2) is 18.0 Å². The van der Waals surface area contributed by atoms with E-state index in [9.17, 15) is 26.3 Å². The molecule has 0 spiro atoms. The number of nitrogens with zero attached hydrogens (tertiary/aromatic N) is 1. The van der Waals surface area contributed by atoms with Crippen molar-refractivity contribution >= 4 is 54.0 Å². The van der Waals surface area contributed by atoms with Gasteiger partial charge >= 0.3 is 246 Å². The molecule has 0 saturated heterocycles. The van der Waals surface area contributed by atoms with E-state index in [0.717, 1.165) is 22.0 Å². The van der Waals surface area contributed by atoms with E-state index in [1.165, 1.54) is 0 Å². The Bertz CT molecular complexity index is 1480. The predicted octanol–water partition coefficient (Wildman–Crippen LogP) is 8.73. The van der Waals surface area contributed by atoms with Gasteiger partial charge in [-0.25, -0.2) is 0 Å². The molecule has 1 atom stereocenters. The Labute approximate surface area is 245 Å². The Kier molecular flexibility index (Phi) is 7.54. The molecule has 1 aliphatic rings. The number of alkyl halides is 6. The van der Waals surface area contributed by atoms with E-state index in [2.05, 4.69) is 20.6 Å². The average molecular weight is 673 g/mol. The molecule has 2 nitrogen and oxygen atoms in total. The predicted molar refractivity (Wildman–Crippen MR) is 156 cm³/mol. The fourth-order valence-corrected chi connectivity index (χ4v) is 13.2. The van der Waals surface area contributed by atoms with Crippen molar-refractivity contribution in [3.63, 3.8) is 0 Å². The summed E-state index contributed by atoms with van der Waals surface area (Å²) in [6.45, 7) is 0. The van der Waals surface area contributed by atoms with Gasteiger partial charge in [-0.15, -0.1) is 0 Å². The third kappa shape index (κ3) is 5.06. The molecule has 0 aliphatic carbocycles. The second-order valence-electron chi connectivity index (χ2n) is 9.82. The first-order valence-corrected chi connectivity index (χ1v) is 17.2. The topological polar surface area (TPSA) is 21.6 Å². The Balaban J connectivity index is 1.69. The van der Waals surface area contributed by atoms with Crippen molar-refractivity contribution in [1.82, 2.24) is 0 Å². The second-order valence-corrected chi connectivity index (χ2v) is 19.2. The summed E-state index contributed by atoms with van der Waals surface area (Å²) in [7, 11) is 0. The van der Waals surface area contributed by atoms with E-state index in [4.69, 9.17) is 16.4 Å². The van der Waals surface area contributed by atoms with Crippen LogP contribution in [0, 0.1) is 0 Å². The Hall–Kier alpha value is -2.87. The molecule has 1 aliphatic heterocycles. The molecule has 214 valence electrons. The van der Waals surface area contributed by atoms with Crippen LogP contribution in [-0.2, 0) is 16.6 Å². The van der Waals surface area contributed by atoms with Crippen molar-refractivity contribution in [1.29, 1.82) is 0 Å². The Morgan fingerprint density at radius 3 is 1.63 bits per heavy atom. The van der Waals surface area contributed by atoms with Gasteiger partial charge in [-0.3, -0.25) is 0 Å². The van der Waals surface area contributed by atoms with Crippen LogP contribution in [0.2, 0.25) is 5.02 Å². The summed E-state index contributed by atoms with van der Waals surface area (Å²) in [5, 5.41) is 2.20. The maximum absolute atomic E-state index is 14.8. The van der Waals surface area contributed by atoms with Crippen LogP contribution in [0.4, 0.5) is 26.3 Å². The van der Waals surface area contributed by atoms with Crippen molar-refractivity contribution in [2.75, 3.05) is 6.16 Å². The molecule has 5 rings (SSSR count). The van der Waals surface area contributed by atoms with Gasteiger partial charge in [0.25, 0.3) is 0 Å². The number of oxime groups is 1. The van der Waals surface area contributed by atoms with Gasteiger partial charge in [0.2, 0.25) is 0 Å². The number of benzene rings is 4. The molecule has 11 heteroatoms. The first-order valence-electron chi connectivity index (χ1n) is 12.4. The van der Waals surface area contributed by atoms with E-state index in [-0.39, 0.29) is 11.9 Å². The fraction of sp³-hybridized carbons (Fsp3) is 0.167. The summed E-state index contributed by atoms with van der Waals surface area (Å²) < 4.78 is 85.1. The number of hydrogen-bond acceptors (Lipinski definition) is 2. The van der Waals surface area contributed by atoms with Crippen LogP contribution in [0.3, 0.4) is 0 Å². The van der Waals surface area contributed by atoms with Crippen molar-refractivity contribution in [2.24, 2.45) is 5.16 Å². The van der Waals surface area contributed by atoms with Gasteiger partial charge in [0, 0.05) is 0 Å². The summed E-state index contributed by atoms with van der Waals surface area (Å²) in [6, 6.07) is 29.9. The molecule has 0 N–H and O–H groups in total. The van der Waals surface area contributed by atoms with Gasteiger partial charge in [-0.05, 0) is 0 Å². The molecular formula is C30H22BrClF6NOP. The quantitative estimate of drug-likeness (QED) is 0.148. The second kappa shape index (κ2) is 10.4. The molecule has 0 radical (unpaired) electrons. The van der Waals surface area contributed by atoms with Gasteiger partial charge in [0.05, 0.1) is 0 Å². The van der Waals surface area contributed by atoms with Crippen LogP contribution in [0.1, 0.15) is 17.5 Å². The molecule has 4 aromatic rings. The van der Waals surface area contributed by atoms with Crippen molar-refractivity contribution in [3.8, 4) is 0 Å². The van der Waals surface area contributed by atoms with E-state index in [0.29, 0.717) is 12.1 Å².